The van der Waals surface area contributed by atoms with Crippen LogP contribution in [0.1, 0.15) is 0 Å². The molecule has 3 aromatic carbocycles. The zero-order chi connectivity index (χ0) is 21.3. The van der Waals surface area contributed by atoms with Gasteiger partial charge in [0.2, 0.25) is 0 Å². The fourth-order valence-electron chi connectivity index (χ4n) is 4.11. The molecule has 0 amide bonds. The molecule has 0 bridgehead atoms. The lowest BCUT2D eigenvalue weighted by Crippen LogP contribution is -3.28. The number of rotatable bonds is 9. The van der Waals surface area contributed by atoms with Crippen LogP contribution in [-0.4, -0.2) is 52.5 Å². The van der Waals surface area contributed by atoms with Crippen LogP contribution in [0.15, 0.2) is 84.9 Å². The summed E-state index contributed by atoms with van der Waals surface area (Å²) in [5, 5.41) is 0. The molecule has 0 spiro atoms. The zero-order valence-corrected chi connectivity index (χ0v) is 20.4. The molecule has 3 aromatic rings. The van der Waals surface area contributed by atoms with Crippen molar-refractivity contribution in [1.29, 1.82) is 0 Å². The van der Waals surface area contributed by atoms with Crippen molar-refractivity contribution in [2.75, 3.05) is 46.5 Å². The van der Waals surface area contributed by atoms with Crippen LogP contribution in [0.2, 0.25) is 0 Å². The van der Waals surface area contributed by atoms with E-state index in [9.17, 15) is 0 Å². The van der Waals surface area contributed by atoms with Crippen LogP contribution in [-0.2, 0) is 0 Å². The molecule has 1 aliphatic heterocycles. The van der Waals surface area contributed by atoms with Crippen LogP contribution in [0.5, 0.6) is 17.2 Å². The maximum absolute atomic E-state index is 6.13. The first kappa shape index (κ1) is 26.8. The molecular weight excluding hydrogens is 459 g/mol. The Morgan fingerprint density at radius 3 is 1.58 bits per heavy atom. The van der Waals surface area contributed by atoms with E-state index < -0.39 is 0 Å². The Labute approximate surface area is 209 Å². The number of benzene rings is 3. The molecule has 0 saturated carbocycles. The highest BCUT2D eigenvalue weighted by molar-refractivity contribution is 5.35. The molecular formula is C26H32Cl2N2O3. The van der Waals surface area contributed by atoms with E-state index in [1.165, 1.54) is 10.6 Å². The van der Waals surface area contributed by atoms with Crippen molar-refractivity contribution in [3.63, 3.8) is 0 Å². The van der Waals surface area contributed by atoms with Crippen LogP contribution in [0.4, 0.5) is 5.69 Å². The molecule has 0 radical (unpaired) electrons. The van der Waals surface area contributed by atoms with Crippen molar-refractivity contribution in [1.82, 2.24) is 0 Å². The second kappa shape index (κ2) is 14.0. The molecule has 1 aliphatic rings. The quantitative estimate of drug-likeness (QED) is 0.318. The molecule has 1 saturated heterocycles. The minimum absolute atomic E-state index is 0. The summed E-state index contributed by atoms with van der Waals surface area (Å²) in [5.41, 5.74) is 1.33. The number of halogens is 2. The monoisotopic (exact) mass is 490 g/mol. The first-order chi connectivity index (χ1) is 15.3. The Morgan fingerprint density at radius 1 is 0.636 bits per heavy atom. The van der Waals surface area contributed by atoms with Crippen molar-refractivity contribution in [2.24, 2.45) is 0 Å². The van der Waals surface area contributed by atoms with Crippen LogP contribution >= 0.6 is 0 Å². The SMILES string of the molecule is COc1ccc([NH+]2CC[NH+](C(COc3ccccc3)COc3ccccc3)CC2)cc1.[Cl-].[Cl-]. The standard InChI is InChI=1S/C26H30N2O3.2ClH/c1-29-24-14-12-22(13-15-24)27-16-18-28(19-17-27)23(20-30-25-8-4-2-5-9-25)21-31-26-10-6-3-7-11-26;;/h2-15,23H,16-21H2,1H3;2*1H. The van der Waals surface area contributed by atoms with Gasteiger partial charge in [-0.15, -0.1) is 0 Å². The van der Waals surface area contributed by atoms with Crippen LogP contribution in [0.25, 0.3) is 0 Å². The highest BCUT2D eigenvalue weighted by Crippen LogP contribution is 2.12. The van der Waals surface area contributed by atoms with Gasteiger partial charge < -0.3 is 43.9 Å². The Bertz CT molecular complexity index is 862. The van der Waals surface area contributed by atoms with Crippen molar-refractivity contribution in [2.45, 2.75) is 6.04 Å². The van der Waals surface area contributed by atoms with Gasteiger partial charge in [-0.25, -0.2) is 0 Å². The third-order valence-corrected chi connectivity index (χ3v) is 5.96. The van der Waals surface area contributed by atoms with Gasteiger partial charge in [-0.3, -0.25) is 4.90 Å². The van der Waals surface area contributed by atoms with Gasteiger partial charge in [0, 0.05) is 12.1 Å². The molecule has 7 heteroatoms. The van der Waals surface area contributed by atoms with Gasteiger partial charge >= 0.3 is 0 Å². The number of hydrogen-bond acceptors (Lipinski definition) is 3. The molecule has 33 heavy (non-hydrogen) atoms. The van der Waals surface area contributed by atoms with E-state index >= 15 is 0 Å². The summed E-state index contributed by atoms with van der Waals surface area (Å²) in [5.74, 6) is 2.73. The fourth-order valence-corrected chi connectivity index (χ4v) is 4.11. The minimum Gasteiger partial charge on any atom is -1.00 e. The minimum atomic E-state index is 0. The number of hydrogen-bond donors (Lipinski definition) is 2. The van der Waals surface area contributed by atoms with Gasteiger partial charge in [-0.1, -0.05) is 36.4 Å². The number of methoxy groups -OCH3 is 1. The number of quaternary nitrogens is 2. The number of piperazine rings is 1. The van der Waals surface area contributed by atoms with Gasteiger partial charge in [0.15, 0.2) is 6.04 Å². The molecule has 1 heterocycles. The van der Waals surface area contributed by atoms with E-state index in [1.807, 2.05) is 72.8 Å². The molecule has 5 nitrogen and oxygen atoms in total. The summed E-state index contributed by atoms with van der Waals surface area (Å²) in [6.45, 7) is 5.64. The first-order valence-corrected chi connectivity index (χ1v) is 11.0. The van der Waals surface area contributed by atoms with Gasteiger partial charge in [0.1, 0.15) is 62.3 Å². The smallest absolute Gasteiger partial charge is 0.157 e. The Hall–Kier alpha value is -2.44. The molecule has 0 unspecified atom stereocenters. The lowest BCUT2D eigenvalue weighted by Gasteiger charge is -2.34. The fraction of sp³-hybridized carbons (Fsp3) is 0.308. The summed E-state index contributed by atoms with van der Waals surface area (Å²) >= 11 is 0. The van der Waals surface area contributed by atoms with Crippen molar-refractivity contribution >= 4 is 5.69 Å². The Kier molecular flexibility index (Phi) is 11.3. The summed E-state index contributed by atoms with van der Waals surface area (Å²) in [4.78, 5) is 3.07. The number of para-hydroxylation sites is 2. The maximum atomic E-state index is 6.13. The van der Waals surface area contributed by atoms with Gasteiger partial charge in [-0.2, -0.15) is 0 Å². The largest absolute Gasteiger partial charge is 1.00 e. The second-order valence-electron chi connectivity index (χ2n) is 7.94. The number of ether oxygens (including phenoxy) is 3. The van der Waals surface area contributed by atoms with E-state index in [0.717, 1.165) is 43.4 Å². The Balaban J connectivity index is 0.00000193. The topological polar surface area (TPSA) is 36.6 Å². The zero-order valence-electron chi connectivity index (χ0n) is 18.9. The third kappa shape index (κ3) is 7.83. The second-order valence-corrected chi connectivity index (χ2v) is 7.94. The summed E-state index contributed by atoms with van der Waals surface area (Å²) in [6, 6.07) is 28.8. The molecule has 1 fully saturated rings. The molecule has 2 N–H and O–H groups in total. The molecule has 178 valence electrons. The summed E-state index contributed by atoms with van der Waals surface area (Å²) in [6.07, 6.45) is 0. The molecule has 0 aliphatic carbocycles. The van der Waals surface area contributed by atoms with Gasteiger partial charge in [-0.05, 0) is 36.4 Å². The van der Waals surface area contributed by atoms with Crippen molar-refractivity contribution in [3.8, 4) is 17.2 Å². The lowest BCUT2D eigenvalue weighted by molar-refractivity contribution is -1.00. The van der Waals surface area contributed by atoms with Crippen LogP contribution in [0, 0.1) is 0 Å². The van der Waals surface area contributed by atoms with E-state index in [2.05, 4.69) is 12.1 Å². The predicted octanol–water partition coefficient (Wildman–Crippen LogP) is -4.36. The third-order valence-electron chi connectivity index (χ3n) is 5.96. The van der Waals surface area contributed by atoms with E-state index in [4.69, 9.17) is 14.2 Å². The average Bonchev–Trinajstić information content (AvgIpc) is 2.86. The molecule has 0 aromatic heterocycles. The Morgan fingerprint density at radius 2 is 1.12 bits per heavy atom. The predicted molar refractivity (Wildman–Crippen MR) is 122 cm³/mol. The highest BCUT2D eigenvalue weighted by Gasteiger charge is 2.31. The van der Waals surface area contributed by atoms with Crippen molar-refractivity contribution < 1.29 is 48.8 Å². The van der Waals surface area contributed by atoms with Gasteiger partial charge in [0.05, 0.1) is 7.11 Å². The van der Waals surface area contributed by atoms with Crippen LogP contribution < -0.4 is 48.8 Å². The summed E-state index contributed by atoms with van der Waals surface area (Å²) < 4.78 is 17.5. The normalized spacial score (nSPS) is 17.4. The maximum Gasteiger partial charge on any atom is 0.157 e. The van der Waals surface area contributed by atoms with Crippen molar-refractivity contribution in [3.05, 3.63) is 84.9 Å². The number of nitrogens with one attached hydrogen (secondary N) is 2. The van der Waals surface area contributed by atoms with Gasteiger partial charge in [0.25, 0.3) is 0 Å². The molecule has 0 atom stereocenters. The van der Waals surface area contributed by atoms with Crippen LogP contribution in [0.3, 0.4) is 0 Å². The van der Waals surface area contributed by atoms with E-state index in [1.54, 1.807) is 12.0 Å². The van der Waals surface area contributed by atoms with E-state index in [-0.39, 0.29) is 30.9 Å². The average molecular weight is 491 g/mol. The lowest BCUT2D eigenvalue weighted by atomic mass is 10.2. The molecule has 4 rings (SSSR count). The van der Waals surface area contributed by atoms with E-state index in [0.29, 0.717) is 13.2 Å². The first-order valence-electron chi connectivity index (χ1n) is 11.0. The summed E-state index contributed by atoms with van der Waals surface area (Å²) in [7, 11) is 1.71. The highest BCUT2D eigenvalue weighted by atomic mass is 35.5.